The lowest BCUT2D eigenvalue weighted by Crippen LogP contribution is -2.61. The lowest BCUT2D eigenvalue weighted by atomic mass is 9.72. The number of nitrogens with zero attached hydrogens (tertiary/aromatic N) is 8. The van der Waals surface area contributed by atoms with Gasteiger partial charge in [0.05, 0.1) is 21.7 Å². The van der Waals surface area contributed by atoms with Crippen molar-refractivity contribution in [1.29, 1.82) is 5.26 Å². The Hall–Kier alpha value is -6.05. The first-order valence-electron chi connectivity index (χ1n) is 21.5. The van der Waals surface area contributed by atoms with Crippen LogP contribution in [0.4, 0.5) is 11.5 Å². The molecule has 5 amide bonds. The van der Waals surface area contributed by atoms with Crippen LogP contribution in [0.2, 0.25) is 5.02 Å². The summed E-state index contributed by atoms with van der Waals surface area (Å²) >= 11 is 6.27. The van der Waals surface area contributed by atoms with E-state index in [1.807, 2.05) is 44.3 Å². The zero-order valence-corrected chi connectivity index (χ0v) is 35.6. The number of anilines is 2. The van der Waals surface area contributed by atoms with Gasteiger partial charge in [-0.15, -0.1) is 10.2 Å². The molecular formula is C45H49ClN10O6. The normalized spacial score (nSPS) is 22.3. The number of rotatable bonds is 11. The van der Waals surface area contributed by atoms with Crippen molar-refractivity contribution in [1.82, 2.24) is 35.2 Å². The van der Waals surface area contributed by atoms with Gasteiger partial charge in [0.15, 0.2) is 11.5 Å². The van der Waals surface area contributed by atoms with Crippen molar-refractivity contribution >= 4 is 63.5 Å². The number of amides is 5. The first-order valence-corrected chi connectivity index (χ1v) is 21.9. The highest BCUT2D eigenvalue weighted by molar-refractivity contribution is 6.32. The second-order valence-electron chi connectivity index (χ2n) is 17.3. The third kappa shape index (κ3) is 7.61. The Morgan fingerprint density at radius 1 is 1.00 bits per heavy atom. The summed E-state index contributed by atoms with van der Waals surface area (Å²) in [4.78, 5) is 72.4. The third-order valence-corrected chi connectivity index (χ3v) is 14.0. The molecule has 16 nitrogen and oxygen atoms in total. The fraction of sp³-hybridized carbons (Fsp3) is 0.467. The van der Waals surface area contributed by atoms with Crippen molar-refractivity contribution in [3.05, 3.63) is 76.1 Å². The molecule has 2 aromatic carbocycles. The molecule has 4 fully saturated rings. The Labute approximate surface area is 364 Å². The highest BCUT2D eigenvalue weighted by Crippen LogP contribution is 2.42. The number of ether oxygens (including phenoxy) is 1. The molecule has 6 heterocycles. The maximum Gasteiger partial charge on any atom is 0.278 e. The number of carbonyl (C=O) groups excluding carboxylic acids is 5. The number of likely N-dealkylation sites (tertiary alicyclic amines) is 1. The zero-order chi connectivity index (χ0) is 43.3. The van der Waals surface area contributed by atoms with Gasteiger partial charge in [-0.2, -0.15) is 5.26 Å². The van der Waals surface area contributed by atoms with E-state index in [1.54, 1.807) is 22.8 Å². The highest BCUT2D eigenvalue weighted by Gasteiger charge is 2.48. The Balaban J connectivity index is 0.712. The van der Waals surface area contributed by atoms with Gasteiger partial charge < -0.3 is 24.4 Å². The first kappa shape index (κ1) is 41.3. The largest absolute Gasteiger partial charge is 0.492 e. The van der Waals surface area contributed by atoms with Crippen LogP contribution in [0.25, 0.3) is 10.9 Å². The van der Waals surface area contributed by atoms with Gasteiger partial charge in [-0.05, 0) is 107 Å². The van der Waals surface area contributed by atoms with Crippen molar-refractivity contribution < 1.29 is 28.7 Å². The van der Waals surface area contributed by atoms with E-state index < -0.39 is 29.7 Å². The second kappa shape index (κ2) is 16.7. The summed E-state index contributed by atoms with van der Waals surface area (Å²) in [5.41, 5.74) is 3.26. The predicted molar refractivity (Wildman–Crippen MR) is 230 cm³/mol. The fourth-order valence-electron chi connectivity index (χ4n) is 10.0. The van der Waals surface area contributed by atoms with Crippen molar-refractivity contribution in [3.8, 4) is 11.8 Å². The molecule has 0 radical (unpaired) electrons. The number of hydrogen-bond donors (Lipinski definition) is 2. The number of fused-ring (bicyclic) bond motifs is 3. The molecule has 4 aromatic rings. The van der Waals surface area contributed by atoms with Gasteiger partial charge in [0, 0.05) is 74.3 Å². The quantitative estimate of drug-likeness (QED) is 0.201. The van der Waals surface area contributed by atoms with Crippen LogP contribution < -0.4 is 25.2 Å². The summed E-state index contributed by atoms with van der Waals surface area (Å²) in [6.45, 7) is 7.33. The van der Waals surface area contributed by atoms with Crippen molar-refractivity contribution in [2.75, 3.05) is 56.2 Å². The van der Waals surface area contributed by atoms with E-state index in [-0.39, 0.29) is 41.5 Å². The number of piperidine rings is 2. The average Bonchev–Trinajstić information content (AvgIpc) is 3.73. The SMILES string of the molecule is CCn1c2c(c3ccc(OCCN4CCC5(CC4)CN(c4ccc(C(=O)NC6CCC(N(C)c7ccc(C#N)c(Cl)c7)CC6)nn4)C5)cc31)C(=O)N(C1CCC(=O)NC1=O)C2=O. The summed E-state index contributed by atoms with van der Waals surface area (Å²) in [5, 5.41) is 24.4. The van der Waals surface area contributed by atoms with Crippen LogP contribution in [0, 0.1) is 16.7 Å². The van der Waals surface area contributed by atoms with E-state index in [1.165, 1.54) is 0 Å². The van der Waals surface area contributed by atoms with Crippen LogP contribution in [0.15, 0.2) is 48.5 Å². The van der Waals surface area contributed by atoms with E-state index >= 15 is 0 Å². The van der Waals surface area contributed by atoms with Gasteiger partial charge >= 0.3 is 0 Å². The Bertz CT molecular complexity index is 2490. The van der Waals surface area contributed by atoms with Gasteiger partial charge in [-0.1, -0.05) is 11.6 Å². The zero-order valence-electron chi connectivity index (χ0n) is 34.9. The lowest BCUT2D eigenvalue weighted by molar-refractivity contribution is -0.136. The standard InChI is InChI=1S/C45H49ClN10O6/c1-3-55-36-23-31(10-11-32(36)39-40(55)44(61)56(43(39)60)35-13-15-38(57)49-42(35)59)62-21-20-53-18-16-45(17-19-53)25-54(26-45)37-14-12-34(50-51-37)41(58)48-28-5-8-29(9-6-28)52(2)30-7-4-27(24-47)33(46)22-30/h4,7,10-12,14,22-23,28-29,35H,3,5-6,8-9,13,15-21,25-26H2,1-2H3,(H,48,58)(H,49,57,59). The van der Waals surface area contributed by atoms with Gasteiger partial charge in [0.1, 0.15) is 30.2 Å². The number of carbonyl (C=O) groups is 5. The van der Waals surface area contributed by atoms with Crippen LogP contribution in [0.1, 0.15) is 95.2 Å². The van der Waals surface area contributed by atoms with Crippen LogP contribution in [0.5, 0.6) is 5.75 Å². The predicted octanol–water partition coefficient (Wildman–Crippen LogP) is 4.54. The summed E-state index contributed by atoms with van der Waals surface area (Å²) in [7, 11) is 2.04. The Morgan fingerprint density at radius 2 is 1.77 bits per heavy atom. The van der Waals surface area contributed by atoms with E-state index in [0.717, 1.165) is 93.2 Å². The number of benzene rings is 2. The van der Waals surface area contributed by atoms with E-state index in [4.69, 9.17) is 16.3 Å². The first-order chi connectivity index (χ1) is 30.0. The molecule has 1 atom stereocenters. The van der Waals surface area contributed by atoms with E-state index in [0.29, 0.717) is 46.6 Å². The molecule has 5 aliphatic rings. The van der Waals surface area contributed by atoms with Gasteiger partial charge in [-0.3, -0.25) is 39.1 Å². The minimum absolute atomic E-state index is 0.0689. The van der Waals surface area contributed by atoms with E-state index in [9.17, 15) is 29.2 Å². The minimum Gasteiger partial charge on any atom is -0.492 e. The number of imide groups is 2. The van der Waals surface area contributed by atoms with Crippen molar-refractivity contribution in [3.63, 3.8) is 0 Å². The molecule has 9 rings (SSSR count). The molecule has 1 saturated carbocycles. The van der Waals surface area contributed by atoms with Crippen molar-refractivity contribution in [2.24, 2.45) is 5.41 Å². The molecule has 1 unspecified atom stereocenters. The topological polar surface area (TPSA) is 186 Å². The number of aryl methyl sites for hydroxylation is 1. The average molecular weight is 861 g/mol. The third-order valence-electron chi connectivity index (χ3n) is 13.6. The molecule has 0 bridgehead atoms. The molecule has 4 aliphatic heterocycles. The molecular weight excluding hydrogens is 812 g/mol. The van der Waals surface area contributed by atoms with Crippen LogP contribution in [-0.2, 0) is 16.1 Å². The van der Waals surface area contributed by atoms with Crippen LogP contribution in [0.3, 0.4) is 0 Å². The van der Waals surface area contributed by atoms with Gasteiger partial charge in [0.2, 0.25) is 11.8 Å². The number of nitrogens with one attached hydrogen (secondary N) is 2. The van der Waals surface area contributed by atoms with Gasteiger partial charge in [-0.25, -0.2) is 0 Å². The second-order valence-corrected chi connectivity index (χ2v) is 17.7. The smallest absolute Gasteiger partial charge is 0.278 e. The van der Waals surface area contributed by atoms with Crippen LogP contribution >= 0.6 is 11.6 Å². The Kier molecular flexibility index (Phi) is 11.1. The number of hydrogen-bond acceptors (Lipinski definition) is 12. The minimum atomic E-state index is -1.01. The molecule has 62 heavy (non-hydrogen) atoms. The number of halogens is 1. The number of aromatic nitrogens is 3. The molecule has 3 saturated heterocycles. The van der Waals surface area contributed by atoms with Crippen molar-refractivity contribution in [2.45, 2.75) is 83.0 Å². The molecule has 2 aromatic heterocycles. The maximum atomic E-state index is 13.6. The summed E-state index contributed by atoms with van der Waals surface area (Å²) < 4.78 is 8.00. The Morgan fingerprint density at radius 3 is 2.45 bits per heavy atom. The van der Waals surface area contributed by atoms with E-state index in [2.05, 4.69) is 41.6 Å². The van der Waals surface area contributed by atoms with Crippen LogP contribution in [-0.4, -0.2) is 119 Å². The van der Waals surface area contributed by atoms with Gasteiger partial charge in [0.25, 0.3) is 17.7 Å². The molecule has 322 valence electrons. The monoisotopic (exact) mass is 860 g/mol. The number of nitriles is 1. The lowest BCUT2D eigenvalue weighted by Gasteiger charge is -2.54. The molecule has 17 heteroatoms. The maximum absolute atomic E-state index is 13.6. The summed E-state index contributed by atoms with van der Waals surface area (Å²) in [6, 6.07) is 16.1. The molecule has 2 N–H and O–H groups in total. The summed E-state index contributed by atoms with van der Waals surface area (Å²) in [5.74, 6) is -0.841. The molecule has 1 spiro atoms. The molecule has 1 aliphatic carbocycles. The highest BCUT2D eigenvalue weighted by atomic mass is 35.5. The fourth-order valence-corrected chi connectivity index (χ4v) is 10.2. The summed E-state index contributed by atoms with van der Waals surface area (Å²) in [6.07, 6.45) is 5.87.